The first-order chi connectivity index (χ1) is 10.7. The highest BCUT2D eigenvalue weighted by Gasteiger charge is 2.19. The number of carbonyl (C=O) groups excluding carboxylic acids is 1. The van der Waals surface area contributed by atoms with Gasteiger partial charge < -0.3 is 14.2 Å². The summed E-state index contributed by atoms with van der Waals surface area (Å²) in [7, 11) is 0. The molecule has 1 amide bonds. The van der Waals surface area contributed by atoms with Crippen LogP contribution in [0.4, 0.5) is 0 Å². The van der Waals surface area contributed by atoms with Crippen LogP contribution >= 0.6 is 0 Å². The highest BCUT2D eigenvalue weighted by Crippen LogP contribution is 2.05. The molecule has 1 fully saturated rings. The smallest absolute Gasteiger partial charge is 0.274 e. The Hall–Kier alpha value is -2.54. The van der Waals surface area contributed by atoms with Crippen molar-refractivity contribution in [2.24, 2.45) is 0 Å². The molecule has 7 heteroatoms. The highest BCUT2D eigenvalue weighted by atomic mass is 16.5. The van der Waals surface area contributed by atoms with Crippen molar-refractivity contribution < 1.29 is 9.53 Å². The lowest BCUT2D eigenvalue weighted by Crippen LogP contribution is -2.41. The lowest BCUT2D eigenvalue weighted by molar-refractivity contribution is 0.0298. The summed E-state index contributed by atoms with van der Waals surface area (Å²) in [5.74, 6) is -0.140. The first-order valence-electron chi connectivity index (χ1n) is 7.07. The van der Waals surface area contributed by atoms with Gasteiger partial charge in [-0.3, -0.25) is 14.6 Å². The summed E-state index contributed by atoms with van der Waals surface area (Å²) in [6.45, 7) is 2.57. The van der Waals surface area contributed by atoms with Crippen LogP contribution in [-0.2, 0) is 11.3 Å². The second-order valence-corrected chi connectivity index (χ2v) is 4.96. The molecule has 0 bridgehead atoms. The zero-order valence-electron chi connectivity index (χ0n) is 12.0. The summed E-state index contributed by atoms with van der Waals surface area (Å²) in [6.07, 6.45) is 4.69. The molecule has 0 aliphatic carbocycles. The van der Waals surface area contributed by atoms with E-state index in [2.05, 4.69) is 9.97 Å². The molecule has 7 nitrogen and oxygen atoms in total. The van der Waals surface area contributed by atoms with E-state index >= 15 is 0 Å². The second kappa shape index (κ2) is 6.48. The van der Waals surface area contributed by atoms with Crippen LogP contribution in [0.5, 0.6) is 0 Å². The Bertz CT molecular complexity index is 705. The quantitative estimate of drug-likeness (QED) is 0.807. The first kappa shape index (κ1) is 14.4. The fourth-order valence-corrected chi connectivity index (χ4v) is 2.24. The molecule has 0 spiro atoms. The molecule has 0 atom stereocenters. The van der Waals surface area contributed by atoms with Crippen LogP contribution in [0, 0.1) is 0 Å². The maximum absolute atomic E-state index is 12.2. The normalized spacial score (nSPS) is 14.8. The van der Waals surface area contributed by atoms with Gasteiger partial charge in [0.2, 0.25) is 0 Å². The Labute approximate surface area is 127 Å². The average Bonchev–Trinajstić information content (AvgIpc) is 2.58. The number of carbonyl (C=O) groups is 1. The van der Waals surface area contributed by atoms with Crippen molar-refractivity contribution in [3.05, 3.63) is 58.5 Å². The van der Waals surface area contributed by atoms with Gasteiger partial charge in [0.1, 0.15) is 5.69 Å². The molecular formula is C15H16N4O3. The van der Waals surface area contributed by atoms with E-state index < -0.39 is 0 Å². The Balaban J connectivity index is 1.71. The Morgan fingerprint density at radius 3 is 2.68 bits per heavy atom. The van der Waals surface area contributed by atoms with E-state index in [0.29, 0.717) is 44.2 Å². The minimum absolute atomic E-state index is 0.0993. The van der Waals surface area contributed by atoms with Crippen molar-refractivity contribution in [1.29, 1.82) is 0 Å². The number of nitrogens with zero attached hydrogens (tertiary/aromatic N) is 4. The largest absolute Gasteiger partial charge is 0.378 e. The van der Waals surface area contributed by atoms with Crippen molar-refractivity contribution in [3.63, 3.8) is 0 Å². The number of hydrogen-bond donors (Lipinski definition) is 0. The first-order valence-corrected chi connectivity index (χ1v) is 7.07. The lowest BCUT2D eigenvalue weighted by atomic mass is 10.3. The summed E-state index contributed by atoms with van der Waals surface area (Å²) < 4.78 is 6.76. The Kier molecular flexibility index (Phi) is 4.24. The molecule has 2 aromatic rings. The molecule has 2 aromatic heterocycles. The van der Waals surface area contributed by atoms with E-state index in [0.717, 1.165) is 0 Å². The van der Waals surface area contributed by atoms with Crippen molar-refractivity contribution in [3.8, 4) is 0 Å². The number of pyridine rings is 1. The van der Waals surface area contributed by atoms with E-state index in [1.54, 1.807) is 23.2 Å². The van der Waals surface area contributed by atoms with Crippen LogP contribution in [0.15, 0.2) is 41.6 Å². The number of amides is 1. The zero-order chi connectivity index (χ0) is 15.4. The molecule has 0 saturated carbocycles. The molecule has 3 heterocycles. The zero-order valence-corrected chi connectivity index (χ0v) is 12.0. The summed E-state index contributed by atoms with van der Waals surface area (Å²) in [4.78, 5) is 34.0. The lowest BCUT2D eigenvalue weighted by Gasteiger charge is -2.26. The van der Waals surface area contributed by atoms with Crippen LogP contribution in [0.3, 0.4) is 0 Å². The second-order valence-electron chi connectivity index (χ2n) is 4.96. The maximum atomic E-state index is 12.2. The number of morpholine rings is 1. The number of aromatic nitrogens is 3. The molecule has 22 heavy (non-hydrogen) atoms. The van der Waals surface area contributed by atoms with Crippen LogP contribution in [0.25, 0.3) is 0 Å². The van der Waals surface area contributed by atoms with Gasteiger partial charge in [-0.1, -0.05) is 6.07 Å². The van der Waals surface area contributed by atoms with Crippen LogP contribution in [0.1, 0.15) is 16.2 Å². The third kappa shape index (κ3) is 3.20. The molecule has 0 unspecified atom stereocenters. The topological polar surface area (TPSA) is 77.3 Å². The van der Waals surface area contributed by atoms with Crippen molar-refractivity contribution in [2.75, 3.05) is 26.3 Å². The summed E-state index contributed by atoms with van der Waals surface area (Å²) in [5, 5.41) is 0. The van der Waals surface area contributed by atoms with Crippen LogP contribution < -0.4 is 5.56 Å². The monoisotopic (exact) mass is 300 g/mol. The van der Waals surface area contributed by atoms with Gasteiger partial charge >= 0.3 is 0 Å². The fraction of sp³-hybridized carbons (Fsp3) is 0.333. The maximum Gasteiger partial charge on any atom is 0.274 e. The highest BCUT2D eigenvalue weighted by molar-refractivity contribution is 5.92. The SMILES string of the molecule is O=C(c1cnc(Cn2ccccc2=O)cn1)N1CCOCC1. The fourth-order valence-electron chi connectivity index (χ4n) is 2.24. The van der Waals surface area contributed by atoms with Gasteiger partial charge in [0, 0.05) is 25.4 Å². The molecule has 114 valence electrons. The number of hydrogen-bond acceptors (Lipinski definition) is 5. The summed E-state index contributed by atoms with van der Waals surface area (Å²) in [6, 6.07) is 4.96. The summed E-state index contributed by atoms with van der Waals surface area (Å²) in [5.41, 5.74) is 0.843. The van der Waals surface area contributed by atoms with Crippen molar-refractivity contribution in [1.82, 2.24) is 19.4 Å². The van der Waals surface area contributed by atoms with Gasteiger partial charge in [-0.2, -0.15) is 0 Å². The molecule has 0 N–H and O–H groups in total. The van der Waals surface area contributed by atoms with Gasteiger partial charge in [-0.05, 0) is 6.07 Å². The van der Waals surface area contributed by atoms with Crippen molar-refractivity contribution >= 4 is 5.91 Å². The molecule has 0 aromatic carbocycles. The summed E-state index contributed by atoms with van der Waals surface area (Å²) >= 11 is 0. The molecule has 1 aliphatic rings. The number of rotatable bonds is 3. The van der Waals surface area contributed by atoms with E-state index in [4.69, 9.17) is 4.74 Å². The Morgan fingerprint density at radius 1 is 1.18 bits per heavy atom. The predicted octanol–water partition coefficient (Wildman–Crippen LogP) is 0.159. The van der Waals surface area contributed by atoms with E-state index in [1.165, 1.54) is 23.0 Å². The number of ether oxygens (including phenoxy) is 1. The van der Waals surface area contributed by atoms with Gasteiger partial charge in [0.25, 0.3) is 11.5 Å². The van der Waals surface area contributed by atoms with Gasteiger partial charge in [-0.25, -0.2) is 4.98 Å². The molecular weight excluding hydrogens is 284 g/mol. The van der Waals surface area contributed by atoms with E-state index in [-0.39, 0.29) is 11.5 Å². The molecule has 1 saturated heterocycles. The Morgan fingerprint density at radius 2 is 2.00 bits per heavy atom. The minimum Gasteiger partial charge on any atom is -0.378 e. The van der Waals surface area contributed by atoms with Crippen molar-refractivity contribution in [2.45, 2.75) is 6.54 Å². The third-order valence-electron chi connectivity index (χ3n) is 3.45. The van der Waals surface area contributed by atoms with Crippen LogP contribution in [-0.4, -0.2) is 51.6 Å². The van der Waals surface area contributed by atoms with Gasteiger partial charge in [0.05, 0.1) is 37.8 Å². The van der Waals surface area contributed by atoms with Crippen LogP contribution in [0.2, 0.25) is 0 Å². The van der Waals surface area contributed by atoms with Gasteiger partial charge in [-0.15, -0.1) is 0 Å². The molecule has 0 radical (unpaired) electrons. The average molecular weight is 300 g/mol. The standard InChI is InChI=1S/C15H16N4O3/c20-14-3-1-2-4-19(14)11-12-9-17-13(10-16-12)15(21)18-5-7-22-8-6-18/h1-4,9-10H,5-8,11H2. The van der Waals surface area contributed by atoms with E-state index in [9.17, 15) is 9.59 Å². The molecule has 3 rings (SSSR count). The molecule has 1 aliphatic heterocycles. The minimum atomic E-state index is -0.140. The third-order valence-corrected chi connectivity index (χ3v) is 3.45. The van der Waals surface area contributed by atoms with E-state index in [1.807, 2.05) is 0 Å². The predicted molar refractivity (Wildman–Crippen MR) is 78.6 cm³/mol. The van der Waals surface area contributed by atoms with Gasteiger partial charge in [0.15, 0.2) is 0 Å².